The first-order valence-electron chi connectivity index (χ1n) is 7.88. The van der Waals surface area contributed by atoms with Gasteiger partial charge in [0.1, 0.15) is 30.1 Å². The molecule has 16 nitrogen and oxygen atoms in total. The van der Waals surface area contributed by atoms with E-state index in [9.17, 15) is 38.4 Å². The molecule has 0 spiro atoms. The molecule has 1 aliphatic rings. The topological polar surface area (TPSA) is 257 Å². The van der Waals surface area contributed by atoms with E-state index in [1.54, 1.807) is 12.3 Å². The third-order valence-electron chi connectivity index (χ3n) is 3.85. The standard InChI is InChI=1S/C11H17N4O12P3.4Na/c12-10-6-1-2-15(11(6)14-5-13-10)9-3-7(16)8(25-9)4-24-29(20,21)27-30(22,23)26-28(17,18)19;;;;/h1-2,5,7-9,16H,3-4H2,(H,20,21)(H,22,23)(H2,12,13,14)(H2,17,18,19);;;;/q;4*+1/p-4/t7-,8+,9+;;;;/m0..../s1. The number of nitrogens with two attached hydrogens (primary N) is 1. The number of phosphoric ester groups is 1. The number of ether oxygens (including phenoxy) is 1. The van der Waals surface area contributed by atoms with E-state index in [-0.39, 0.29) is 130 Å². The summed E-state index contributed by atoms with van der Waals surface area (Å²) in [4.78, 5) is 51.2. The molecule has 0 bridgehead atoms. The van der Waals surface area contributed by atoms with Crippen LogP contribution in [0.2, 0.25) is 0 Å². The van der Waals surface area contributed by atoms with Crippen LogP contribution < -0.4 is 144 Å². The molecular formula is C11H13N4Na4O12P3. The minimum absolute atomic E-state index is 0. The fourth-order valence-electron chi connectivity index (χ4n) is 2.71. The molecule has 3 rings (SSSR count). The number of hydrogen-bond acceptors (Lipinski definition) is 15. The fraction of sp³-hybridized carbons (Fsp3) is 0.455. The fourth-order valence-corrected chi connectivity index (χ4v) is 5.57. The van der Waals surface area contributed by atoms with Gasteiger partial charge >= 0.3 is 118 Å². The van der Waals surface area contributed by atoms with Crippen LogP contribution in [0.3, 0.4) is 0 Å². The Labute approximate surface area is 281 Å². The average Bonchev–Trinajstić information content (AvgIpc) is 3.14. The molecule has 34 heavy (non-hydrogen) atoms. The number of nitrogen functional groups attached to an aromatic ring is 1. The van der Waals surface area contributed by atoms with Crippen LogP contribution in [0, 0.1) is 0 Å². The second-order valence-corrected chi connectivity index (χ2v) is 10.2. The predicted octanol–water partition coefficient (Wildman–Crippen LogP) is -14.5. The summed E-state index contributed by atoms with van der Waals surface area (Å²) < 4.78 is 50.9. The molecule has 0 amide bonds. The second-order valence-electron chi connectivity index (χ2n) is 5.95. The first-order valence-corrected chi connectivity index (χ1v) is 12.3. The van der Waals surface area contributed by atoms with E-state index in [1.165, 1.54) is 10.9 Å². The largest absolute Gasteiger partial charge is 1.00 e. The first kappa shape index (κ1) is 38.9. The third kappa shape index (κ3) is 11.1. The summed E-state index contributed by atoms with van der Waals surface area (Å²) in [6, 6.07) is 1.61. The van der Waals surface area contributed by atoms with Gasteiger partial charge in [-0.2, -0.15) is 0 Å². The molecule has 0 saturated carbocycles. The maximum absolute atomic E-state index is 11.6. The van der Waals surface area contributed by atoms with Gasteiger partial charge in [0.15, 0.2) is 0 Å². The van der Waals surface area contributed by atoms with Crippen molar-refractivity contribution in [2.24, 2.45) is 0 Å². The first-order chi connectivity index (χ1) is 13.8. The number of rotatable bonds is 8. The van der Waals surface area contributed by atoms with Crippen molar-refractivity contribution in [3.8, 4) is 0 Å². The monoisotopic (exact) mass is 578 g/mol. The molecule has 2 aromatic rings. The molecule has 0 aliphatic carbocycles. The number of hydrogen-bond donors (Lipinski definition) is 2. The van der Waals surface area contributed by atoms with Gasteiger partial charge < -0.3 is 48.8 Å². The Kier molecular flexibility index (Phi) is 17.7. The van der Waals surface area contributed by atoms with Gasteiger partial charge in [-0.15, -0.1) is 0 Å². The summed E-state index contributed by atoms with van der Waals surface area (Å²) in [5.74, 6) is 0.214. The molecule has 3 heterocycles. The number of phosphoric acid groups is 3. The van der Waals surface area contributed by atoms with Crippen molar-refractivity contribution in [2.75, 3.05) is 12.3 Å². The average molecular weight is 578 g/mol. The molecule has 5 atom stereocenters. The summed E-state index contributed by atoms with van der Waals surface area (Å²) in [5, 5.41) is 10.6. The van der Waals surface area contributed by atoms with Crippen LogP contribution >= 0.6 is 23.5 Å². The summed E-state index contributed by atoms with van der Waals surface area (Å²) in [5.41, 5.74) is 6.13. The van der Waals surface area contributed by atoms with Crippen LogP contribution in [0.15, 0.2) is 18.6 Å². The molecule has 168 valence electrons. The van der Waals surface area contributed by atoms with Crippen LogP contribution in [-0.4, -0.2) is 38.5 Å². The molecule has 3 N–H and O–H groups in total. The molecule has 2 aromatic heterocycles. The zero-order valence-electron chi connectivity index (χ0n) is 18.6. The van der Waals surface area contributed by atoms with Gasteiger partial charge in [0, 0.05) is 12.6 Å². The van der Waals surface area contributed by atoms with Gasteiger partial charge in [0.2, 0.25) is 0 Å². The zero-order chi connectivity index (χ0) is 22.3. The number of aliphatic hydroxyl groups excluding tert-OH is 1. The van der Waals surface area contributed by atoms with E-state index < -0.39 is 48.5 Å². The minimum atomic E-state index is -6.09. The molecule has 2 unspecified atom stereocenters. The Morgan fingerprint density at radius 2 is 1.71 bits per heavy atom. The number of fused-ring (bicyclic) bond motifs is 1. The summed E-state index contributed by atoms with van der Waals surface area (Å²) >= 11 is 0. The van der Waals surface area contributed by atoms with Gasteiger partial charge in [0.25, 0.3) is 15.6 Å². The minimum Gasteiger partial charge on any atom is -0.790 e. The van der Waals surface area contributed by atoms with E-state index in [2.05, 4.69) is 23.1 Å². The van der Waals surface area contributed by atoms with E-state index >= 15 is 0 Å². The van der Waals surface area contributed by atoms with E-state index in [0.717, 1.165) is 0 Å². The van der Waals surface area contributed by atoms with Crippen molar-refractivity contribution >= 4 is 40.3 Å². The van der Waals surface area contributed by atoms with Crippen LogP contribution in [0.4, 0.5) is 5.82 Å². The summed E-state index contributed by atoms with van der Waals surface area (Å²) in [6.45, 7) is -0.888. The van der Waals surface area contributed by atoms with Crippen LogP contribution in [0.25, 0.3) is 11.0 Å². The number of aromatic nitrogens is 3. The van der Waals surface area contributed by atoms with Crippen LogP contribution in [-0.2, 0) is 31.6 Å². The molecule has 1 aliphatic heterocycles. The number of nitrogens with zero attached hydrogens (tertiary/aromatic N) is 3. The van der Waals surface area contributed by atoms with E-state index in [0.29, 0.717) is 11.0 Å². The molecular weight excluding hydrogens is 565 g/mol. The summed E-state index contributed by atoms with van der Waals surface area (Å²) in [6.07, 6.45) is -0.498. The molecule has 0 radical (unpaired) electrons. The van der Waals surface area contributed by atoms with Crippen molar-refractivity contribution in [2.45, 2.75) is 24.9 Å². The van der Waals surface area contributed by atoms with Gasteiger partial charge in [-0.1, -0.05) is 0 Å². The van der Waals surface area contributed by atoms with Gasteiger partial charge in [-0.3, -0.25) is 13.4 Å². The second kappa shape index (κ2) is 15.5. The zero-order valence-corrected chi connectivity index (χ0v) is 29.3. The predicted molar refractivity (Wildman–Crippen MR) is 87.4 cm³/mol. The normalized spacial score (nSPS) is 23.4. The Morgan fingerprint density at radius 1 is 1.09 bits per heavy atom. The van der Waals surface area contributed by atoms with Crippen molar-refractivity contribution in [1.82, 2.24) is 14.5 Å². The molecule has 23 heteroatoms. The third-order valence-corrected chi connectivity index (χ3v) is 7.52. The SMILES string of the molecule is Nc1ncnc2c1ccn2[C@H]1C[C@H](O)[C@@H](COP(=O)([O-])OP(=O)([O-])OP(=O)([O-])[O-])O1.[Na+].[Na+].[Na+].[Na+]. The summed E-state index contributed by atoms with van der Waals surface area (Å²) in [7, 11) is -17.8. The Bertz CT molecular complexity index is 1090. The Hall–Kier alpha value is 2.75. The van der Waals surface area contributed by atoms with Gasteiger partial charge in [0.05, 0.1) is 25.9 Å². The number of aliphatic hydroxyl groups is 1. The van der Waals surface area contributed by atoms with Crippen molar-refractivity contribution in [3.05, 3.63) is 18.6 Å². The quantitative estimate of drug-likeness (QED) is 0.218. The van der Waals surface area contributed by atoms with Crippen molar-refractivity contribution in [1.29, 1.82) is 0 Å². The van der Waals surface area contributed by atoms with Crippen molar-refractivity contribution < 1.29 is 174 Å². The van der Waals surface area contributed by atoms with Crippen molar-refractivity contribution in [3.63, 3.8) is 0 Å². The molecule has 0 aromatic carbocycles. The van der Waals surface area contributed by atoms with E-state index in [1.807, 2.05) is 0 Å². The maximum Gasteiger partial charge on any atom is 1.00 e. The Morgan fingerprint density at radius 3 is 2.29 bits per heavy atom. The molecule has 1 fully saturated rings. The smallest absolute Gasteiger partial charge is 0.790 e. The number of anilines is 1. The van der Waals surface area contributed by atoms with Gasteiger partial charge in [-0.25, -0.2) is 14.3 Å². The van der Waals surface area contributed by atoms with Gasteiger partial charge in [-0.05, 0) is 6.07 Å². The molecule has 1 saturated heterocycles. The van der Waals surface area contributed by atoms with Crippen LogP contribution in [0.1, 0.15) is 12.6 Å². The van der Waals surface area contributed by atoms with E-state index in [4.69, 9.17) is 10.5 Å². The Balaban J connectivity index is 0. The van der Waals surface area contributed by atoms with Crippen LogP contribution in [0.5, 0.6) is 0 Å². The maximum atomic E-state index is 11.6.